The number of rotatable bonds is 4. The zero-order valence-corrected chi connectivity index (χ0v) is 11.7. The Morgan fingerprint density at radius 3 is 2.89 bits per heavy atom. The van der Waals surface area contributed by atoms with E-state index in [2.05, 4.69) is 29.7 Å². The van der Waals surface area contributed by atoms with E-state index in [-0.39, 0.29) is 0 Å². The van der Waals surface area contributed by atoms with Gasteiger partial charge in [0, 0.05) is 12.2 Å². The molecule has 0 amide bonds. The minimum absolute atomic E-state index is 0.377. The summed E-state index contributed by atoms with van der Waals surface area (Å²) in [5.41, 5.74) is 9.09. The summed E-state index contributed by atoms with van der Waals surface area (Å²) in [6.45, 7) is 6.08. The Hall–Kier alpha value is -0.830. The van der Waals surface area contributed by atoms with E-state index in [1.807, 2.05) is 0 Å². The lowest BCUT2D eigenvalue weighted by Crippen LogP contribution is -2.38. The van der Waals surface area contributed by atoms with Crippen molar-refractivity contribution >= 4 is 0 Å². The number of nitrogens with two attached hydrogens (primary N) is 1. The molecular formula is C15H25N3. The van der Waals surface area contributed by atoms with Crippen LogP contribution in [0.15, 0.2) is 6.07 Å². The highest BCUT2D eigenvalue weighted by Crippen LogP contribution is 2.56. The summed E-state index contributed by atoms with van der Waals surface area (Å²) in [6.07, 6.45) is 6.76. The van der Waals surface area contributed by atoms with Gasteiger partial charge in [0.2, 0.25) is 0 Å². The van der Waals surface area contributed by atoms with Crippen LogP contribution in [0, 0.1) is 24.2 Å². The Labute approximate surface area is 110 Å². The van der Waals surface area contributed by atoms with Crippen molar-refractivity contribution in [2.75, 3.05) is 6.54 Å². The van der Waals surface area contributed by atoms with Gasteiger partial charge in [0.15, 0.2) is 0 Å². The van der Waals surface area contributed by atoms with E-state index >= 15 is 0 Å². The van der Waals surface area contributed by atoms with Crippen molar-refractivity contribution in [1.29, 1.82) is 0 Å². The smallest absolute Gasteiger partial charge is 0.0596 e. The lowest BCUT2D eigenvalue weighted by molar-refractivity contribution is 0.167. The number of fused-ring (bicyclic) bond motifs is 2. The van der Waals surface area contributed by atoms with Gasteiger partial charge < -0.3 is 5.73 Å². The van der Waals surface area contributed by atoms with Crippen molar-refractivity contribution in [3.63, 3.8) is 0 Å². The lowest BCUT2D eigenvalue weighted by Gasteiger charge is -2.37. The molecule has 1 heterocycles. The normalized spacial score (nSPS) is 34.4. The van der Waals surface area contributed by atoms with Gasteiger partial charge in [-0.1, -0.05) is 6.42 Å². The number of nitrogens with zero attached hydrogens (tertiary/aromatic N) is 2. The van der Waals surface area contributed by atoms with Gasteiger partial charge in [0.1, 0.15) is 0 Å². The number of aryl methyl sites for hydroxylation is 2. The van der Waals surface area contributed by atoms with Gasteiger partial charge >= 0.3 is 0 Å². The van der Waals surface area contributed by atoms with Crippen LogP contribution in [-0.2, 0) is 13.0 Å². The van der Waals surface area contributed by atoms with E-state index in [1.165, 1.54) is 31.4 Å². The van der Waals surface area contributed by atoms with Crippen LogP contribution in [0.4, 0.5) is 0 Å². The highest BCUT2D eigenvalue weighted by molar-refractivity contribution is 5.14. The molecule has 3 atom stereocenters. The molecule has 0 spiro atoms. The highest BCUT2D eigenvalue weighted by Gasteiger charge is 2.50. The van der Waals surface area contributed by atoms with Gasteiger partial charge in [-0.2, -0.15) is 5.10 Å². The Kier molecular flexibility index (Phi) is 2.97. The average Bonchev–Trinajstić information content (AvgIpc) is 3.03. The molecule has 2 N–H and O–H groups in total. The van der Waals surface area contributed by atoms with Crippen molar-refractivity contribution in [3.05, 3.63) is 17.5 Å². The van der Waals surface area contributed by atoms with Crippen molar-refractivity contribution < 1.29 is 0 Å². The summed E-state index contributed by atoms with van der Waals surface area (Å²) in [5.74, 6) is 1.82. The fraction of sp³-hybridized carbons (Fsp3) is 0.800. The Bertz CT molecular complexity index is 437. The monoisotopic (exact) mass is 247 g/mol. The quantitative estimate of drug-likeness (QED) is 0.888. The maximum Gasteiger partial charge on any atom is 0.0596 e. The fourth-order valence-corrected chi connectivity index (χ4v) is 4.47. The third-order valence-electron chi connectivity index (χ3n) is 5.33. The zero-order valence-electron chi connectivity index (χ0n) is 11.7. The second-order valence-electron chi connectivity index (χ2n) is 6.42. The molecule has 3 heteroatoms. The maximum absolute atomic E-state index is 6.17. The van der Waals surface area contributed by atoms with Crippen LogP contribution in [-0.4, -0.2) is 16.3 Å². The molecule has 100 valence electrons. The number of hydrogen-bond donors (Lipinski definition) is 1. The van der Waals surface area contributed by atoms with Gasteiger partial charge in [-0.3, -0.25) is 4.68 Å². The van der Waals surface area contributed by atoms with Gasteiger partial charge in [-0.25, -0.2) is 0 Å². The van der Waals surface area contributed by atoms with Crippen LogP contribution >= 0.6 is 0 Å². The largest absolute Gasteiger partial charge is 0.330 e. The van der Waals surface area contributed by atoms with E-state index < -0.39 is 0 Å². The first-order valence-electron chi connectivity index (χ1n) is 7.40. The fourth-order valence-electron chi connectivity index (χ4n) is 4.47. The predicted molar refractivity (Wildman–Crippen MR) is 73.3 cm³/mol. The summed E-state index contributed by atoms with van der Waals surface area (Å²) in [5, 5.41) is 4.57. The third-order valence-corrected chi connectivity index (χ3v) is 5.33. The van der Waals surface area contributed by atoms with Crippen LogP contribution in [0.5, 0.6) is 0 Å². The zero-order chi connectivity index (χ0) is 12.8. The van der Waals surface area contributed by atoms with Crippen molar-refractivity contribution in [2.24, 2.45) is 23.0 Å². The molecule has 2 aliphatic carbocycles. The highest BCUT2D eigenvalue weighted by atomic mass is 15.3. The van der Waals surface area contributed by atoms with Crippen LogP contribution in [0.1, 0.15) is 44.0 Å². The van der Waals surface area contributed by atoms with Crippen molar-refractivity contribution in [3.8, 4) is 0 Å². The Morgan fingerprint density at radius 2 is 2.33 bits per heavy atom. The Morgan fingerprint density at radius 1 is 1.50 bits per heavy atom. The molecule has 18 heavy (non-hydrogen) atoms. The lowest BCUT2D eigenvalue weighted by atomic mass is 9.70. The molecule has 2 saturated carbocycles. The van der Waals surface area contributed by atoms with Crippen molar-refractivity contribution in [1.82, 2.24) is 9.78 Å². The molecule has 0 aliphatic heterocycles. The van der Waals surface area contributed by atoms with Crippen LogP contribution in [0.25, 0.3) is 0 Å². The van der Waals surface area contributed by atoms with Gasteiger partial charge in [-0.15, -0.1) is 0 Å². The maximum atomic E-state index is 6.17. The van der Waals surface area contributed by atoms with Crippen LogP contribution in [0.3, 0.4) is 0 Å². The van der Waals surface area contributed by atoms with E-state index in [1.54, 1.807) is 0 Å². The van der Waals surface area contributed by atoms with Crippen LogP contribution < -0.4 is 5.73 Å². The topological polar surface area (TPSA) is 43.8 Å². The molecule has 2 fully saturated rings. The SMILES string of the molecule is CCn1nc(C)cc1CC1(CN)CC2CCC1C2. The molecule has 0 saturated heterocycles. The number of hydrogen-bond acceptors (Lipinski definition) is 2. The molecule has 2 bridgehead atoms. The molecule has 2 aliphatic rings. The summed E-state index contributed by atoms with van der Waals surface area (Å²) in [7, 11) is 0. The van der Waals surface area contributed by atoms with Crippen LogP contribution in [0.2, 0.25) is 0 Å². The van der Waals surface area contributed by atoms with E-state index in [0.717, 1.165) is 37.0 Å². The van der Waals surface area contributed by atoms with Gasteiger partial charge in [-0.05, 0) is 69.4 Å². The standard InChI is InChI=1S/C15H25N3/c1-3-18-14(6-11(2)17-18)9-15(10-16)8-12-4-5-13(15)7-12/h6,12-13H,3-5,7-10,16H2,1-2H3. The minimum atomic E-state index is 0.377. The molecule has 0 radical (unpaired) electrons. The second-order valence-corrected chi connectivity index (χ2v) is 6.42. The summed E-state index contributed by atoms with van der Waals surface area (Å²) in [4.78, 5) is 0. The molecule has 3 nitrogen and oxygen atoms in total. The molecule has 3 unspecified atom stereocenters. The van der Waals surface area contributed by atoms with E-state index in [4.69, 9.17) is 5.73 Å². The summed E-state index contributed by atoms with van der Waals surface area (Å²) in [6, 6.07) is 2.26. The summed E-state index contributed by atoms with van der Waals surface area (Å²) < 4.78 is 2.17. The van der Waals surface area contributed by atoms with Crippen molar-refractivity contribution in [2.45, 2.75) is 52.5 Å². The molecule has 1 aromatic rings. The predicted octanol–water partition coefficient (Wildman–Crippen LogP) is 2.52. The molecule has 1 aromatic heterocycles. The third kappa shape index (κ3) is 1.80. The molecule has 3 rings (SSSR count). The van der Waals surface area contributed by atoms with Gasteiger partial charge in [0.25, 0.3) is 0 Å². The van der Waals surface area contributed by atoms with E-state index in [9.17, 15) is 0 Å². The average molecular weight is 247 g/mol. The Balaban J connectivity index is 1.86. The minimum Gasteiger partial charge on any atom is -0.330 e. The first-order chi connectivity index (χ1) is 8.66. The molecular weight excluding hydrogens is 222 g/mol. The molecule has 0 aromatic carbocycles. The second kappa shape index (κ2) is 4.37. The first-order valence-corrected chi connectivity index (χ1v) is 7.40. The first kappa shape index (κ1) is 12.2. The number of aromatic nitrogens is 2. The van der Waals surface area contributed by atoms with Gasteiger partial charge in [0.05, 0.1) is 5.69 Å². The van der Waals surface area contributed by atoms with E-state index in [0.29, 0.717) is 5.41 Å². The summed E-state index contributed by atoms with van der Waals surface area (Å²) >= 11 is 0.